The SMILES string of the molecule is CN=C(NCCc1cc(F)ccc1F)NC1CCN(c2ccccn2)CC1.I. The number of pyridine rings is 1. The highest BCUT2D eigenvalue weighted by molar-refractivity contribution is 14.0. The number of guanidine groups is 1. The van der Waals surface area contributed by atoms with E-state index in [1.54, 1.807) is 7.05 Å². The number of aliphatic imine (C=N–C) groups is 1. The number of benzene rings is 1. The van der Waals surface area contributed by atoms with E-state index in [1.165, 1.54) is 6.07 Å². The Hall–Kier alpha value is -1.97. The Morgan fingerprint density at radius 1 is 1.21 bits per heavy atom. The lowest BCUT2D eigenvalue weighted by molar-refractivity contribution is 0.459. The molecule has 2 heterocycles. The highest BCUT2D eigenvalue weighted by atomic mass is 127. The van der Waals surface area contributed by atoms with Crippen LogP contribution in [0.3, 0.4) is 0 Å². The largest absolute Gasteiger partial charge is 0.356 e. The second kappa shape index (κ2) is 11.1. The third-order valence-electron chi connectivity index (χ3n) is 4.73. The van der Waals surface area contributed by atoms with Crippen LogP contribution in [0.1, 0.15) is 18.4 Å². The van der Waals surface area contributed by atoms with Crippen molar-refractivity contribution in [2.75, 3.05) is 31.6 Å². The van der Waals surface area contributed by atoms with Crippen molar-refractivity contribution in [3.05, 3.63) is 59.8 Å². The summed E-state index contributed by atoms with van der Waals surface area (Å²) < 4.78 is 26.9. The third-order valence-corrected chi connectivity index (χ3v) is 4.73. The number of piperidine rings is 1. The second-order valence-electron chi connectivity index (χ2n) is 6.58. The Labute approximate surface area is 181 Å². The number of hydrogen-bond acceptors (Lipinski definition) is 3. The van der Waals surface area contributed by atoms with Gasteiger partial charge >= 0.3 is 0 Å². The van der Waals surface area contributed by atoms with Gasteiger partial charge in [0, 0.05) is 38.9 Å². The van der Waals surface area contributed by atoms with Gasteiger partial charge in [-0.15, -0.1) is 24.0 Å². The molecule has 5 nitrogen and oxygen atoms in total. The van der Waals surface area contributed by atoms with Crippen LogP contribution >= 0.6 is 24.0 Å². The number of aromatic nitrogens is 1. The molecule has 3 rings (SSSR count). The van der Waals surface area contributed by atoms with Crippen LogP contribution in [0.2, 0.25) is 0 Å². The molecule has 2 N–H and O–H groups in total. The van der Waals surface area contributed by atoms with Crippen LogP contribution in [0.25, 0.3) is 0 Å². The van der Waals surface area contributed by atoms with Crippen LogP contribution in [-0.2, 0) is 6.42 Å². The van der Waals surface area contributed by atoms with Gasteiger partial charge in [-0.2, -0.15) is 0 Å². The van der Waals surface area contributed by atoms with E-state index in [0.717, 1.165) is 43.9 Å². The van der Waals surface area contributed by atoms with E-state index in [0.29, 0.717) is 30.5 Å². The molecule has 2 aromatic rings. The minimum atomic E-state index is -0.423. The summed E-state index contributed by atoms with van der Waals surface area (Å²) in [6.45, 7) is 2.34. The maximum Gasteiger partial charge on any atom is 0.191 e. The molecular formula is C20H26F2IN5. The van der Waals surface area contributed by atoms with Crippen LogP contribution in [0, 0.1) is 11.6 Å². The van der Waals surface area contributed by atoms with Crippen molar-refractivity contribution >= 4 is 35.8 Å². The second-order valence-corrected chi connectivity index (χ2v) is 6.58. The van der Waals surface area contributed by atoms with Gasteiger partial charge < -0.3 is 15.5 Å². The zero-order valence-electron chi connectivity index (χ0n) is 15.9. The quantitative estimate of drug-likeness (QED) is 0.375. The molecule has 0 bridgehead atoms. The molecule has 0 spiro atoms. The topological polar surface area (TPSA) is 52.6 Å². The van der Waals surface area contributed by atoms with Gasteiger partial charge in [-0.05, 0) is 55.2 Å². The van der Waals surface area contributed by atoms with E-state index in [2.05, 4.69) is 25.5 Å². The summed E-state index contributed by atoms with van der Waals surface area (Å²) in [5.41, 5.74) is 0.363. The predicted octanol–water partition coefficient (Wildman–Crippen LogP) is 3.35. The lowest BCUT2D eigenvalue weighted by Gasteiger charge is -2.33. The van der Waals surface area contributed by atoms with Crippen molar-refractivity contribution in [2.24, 2.45) is 4.99 Å². The molecule has 1 aliphatic heterocycles. The van der Waals surface area contributed by atoms with E-state index in [9.17, 15) is 8.78 Å². The van der Waals surface area contributed by atoms with Crippen molar-refractivity contribution < 1.29 is 8.78 Å². The summed E-state index contributed by atoms with van der Waals surface area (Å²) in [4.78, 5) is 10.9. The van der Waals surface area contributed by atoms with Crippen molar-refractivity contribution in [3.63, 3.8) is 0 Å². The first-order chi connectivity index (χ1) is 13.2. The zero-order chi connectivity index (χ0) is 19.1. The smallest absolute Gasteiger partial charge is 0.191 e. The first-order valence-electron chi connectivity index (χ1n) is 9.23. The van der Waals surface area contributed by atoms with Crippen molar-refractivity contribution in [1.29, 1.82) is 0 Å². The van der Waals surface area contributed by atoms with Crippen LogP contribution in [0.5, 0.6) is 0 Å². The van der Waals surface area contributed by atoms with E-state index >= 15 is 0 Å². The van der Waals surface area contributed by atoms with Gasteiger partial charge in [-0.25, -0.2) is 13.8 Å². The van der Waals surface area contributed by atoms with Crippen molar-refractivity contribution in [2.45, 2.75) is 25.3 Å². The molecule has 152 valence electrons. The van der Waals surface area contributed by atoms with E-state index in [4.69, 9.17) is 0 Å². The van der Waals surface area contributed by atoms with Gasteiger partial charge in [0.05, 0.1) is 0 Å². The zero-order valence-corrected chi connectivity index (χ0v) is 18.2. The van der Waals surface area contributed by atoms with Gasteiger partial charge in [-0.3, -0.25) is 4.99 Å². The normalized spacial score (nSPS) is 15.1. The van der Waals surface area contributed by atoms with Crippen LogP contribution in [0.4, 0.5) is 14.6 Å². The monoisotopic (exact) mass is 501 g/mol. The van der Waals surface area contributed by atoms with Gasteiger partial charge in [0.15, 0.2) is 5.96 Å². The van der Waals surface area contributed by atoms with Crippen LogP contribution in [-0.4, -0.2) is 43.7 Å². The molecule has 0 saturated carbocycles. The van der Waals surface area contributed by atoms with Crippen molar-refractivity contribution in [1.82, 2.24) is 15.6 Å². The van der Waals surface area contributed by atoms with Crippen LogP contribution < -0.4 is 15.5 Å². The van der Waals surface area contributed by atoms with E-state index in [1.807, 2.05) is 24.4 Å². The summed E-state index contributed by atoms with van der Waals surface area (Å²) >= 11 is 0. The molecule has 1 aromatic carbocycles. The Morgan fingerprint density at radius 3 is 2.68 bits per heavy atom. The van der Waals surface area contributed by atoms with Gasteiger partial charge in [0.25, 0.3) is 0 Å². The molecule has 0 amide bonds. The molecule has 1 saturated heterocycles. The number of halogens is 3. The lowest BCUT2D eigenvalue weighted by atomic mass is 10.1. The van der Waals surface area contributed by atoms with Gasteiger partial charge in [0.1, 0.15) is 17.5 Å². The fraction of sp³-hybridized carbons (Fsp3) is 0.400. The first kappa shape index (κ1) is 22.3. The van der Waals surface area contributed by atoms with Crippen molar-refractivity contribution in [3.8, 4) is 0 Å². The Bertz CT molecular complexity index is 764. The summed E-state index contributed by atoms with van der Waals surface area (Å²) in [6, 6.07) is 9.79. The molecule has 0 atom stereocenters. The molecule has 1 aromatic heterocycles. The number of nitrogens with zero attached hydrogens (tertiary/aromatic N) is 3. The molecule has 0 radical (unpaired) electrons. The number of hydrogen-bond donors (Lipinski definition) is 2. The highest BCUT2D eigenvalue weighted by Gasteiger charge is 2.20. The number of anilines is 1. The Balaban J connectivity index is 0.00000280. The minimum Gasteiger partial charge on any atom is -0.356 e. The van der Waals surface area contributed by atoms with E-state index in [-0.39, 0.29) is 29.8 Å². The molecule has 0 aliphatic carbocycles. The van der Waals surface area contributed by atoms with E-state index < -0.39 is 5.82 Å². The average molecular weight is 501 g/mol. The fourth-order valence-corrected chi connectivity index (χ4v) is 3.23. The summed E-state index contributed by atoms with van der Waals surface area (Å²) in [5, 5.41) is 6.59. The molecular weight excluding hydrogens is 475 g/mol. The highest BCUT2D eigenvalue weighted by Crippen LogP contribution is 2.17. The molecule has 8 heteroatoms. The Kier molecular flexibility index (Phi) is 8.88. The Morgan fingerprint density at radius 2 is 2.00 bits per heavy atom. The molecule has 1 fully saturated rings. The summed E-state index contributed by atoms with van der Waals surface area (Å²) in [7, 11) is 1.71. The first-order valence-corrected chi connectivity index (χ1v) is 9.23. The van der Waals surface area contributed by atoms with Crippen LogP contribution in [0.15, 0.2) is 47.6 Å². The molecule has 1 aliphatic rings. The lowest BCUT2D eigenvalue weighted by Crippen LogP contribution is -2.49. The standard InChI is InChI=1S/C20H25F2N5.HI/c1-23-20(25-11-7-15-14-16(21)5-6-18(15)22)26-17-8-12-27(13-9-17)19-4-2-3-10-24-19;/h2-6,10,14,17H,7-9,11-13H2,1H3,(H2,23,25,26);1H. The molecule has 0 unspecified atom stereocenters. The maximum atomic E-state index is 13.7. The van der Waals surface area contributed by atoms with Gasteiger partial charge in [-0.1, -0.05) is 6.07 Å². The minimum absolute atomic E-state index is 0. The summed E-state index contributed by atoms with van der Waals surface area (Å²) in [6.07, 6.45) is 4.17. The third kappa shape index (κ3) is 6.29. The summed E-state index contributed by atoms with van der Waals surface area (Å²) in [5.74, 6) is 0.885. The predicted molar refractivity (Wildman–Crippen MR) is 119 cm³/mol. The average Bonchev–Trinajstić information content (AvgIpc) is 2.71. The number of rotatable bonds is 5. The fourth-order valence-electron chi connectivity index (χ4n) is 3.23. The maximum absolute atomic E-state index is 13.7. The molecule has 28 heavy (non-hydrogen) atoms. The van der Waals surface area contributed by atoms with Gasteiger partial charge in [0.2, 0.25) is 0 Å². The number of nitrogens with one attached hydrogen (secondary N) is 2.